The van der Waals surface area contributed by atoms with Gasteiger partial charge in [-0.2, -0.15) is 0 Å². The highest BCUT2D eigenvalue weighted by Crippen LogP contribution is 2.25. The Labute approximate surface area is 143 Å². The molecule has 114 valence electrons. The van der Waals surface area contributed by atoms with Crippen LogP contribution in [0.5, 0.6) is 5.75 Å². The number of ether oxygens (including phenoxy) is 1. The summed E-state index contributed by atoms with van der Waals surface area (Å²) < 4.78 is 9.37. The van der Waals surface area contributed by atoms with Gasteiger partial charge >= 0.3 is 0 Å². The molecule has 0 fully saturated rings. The fourth-order valence-electron chi connectivity index (χ4n) is 2.94. The van der Waals surface area contributed by atoms with E-state index in [9.17, 15) is 0 Å². The second-order valence-corrected chi connectivity index (χ2v) is 6.45. The standard InChI is InChI=1S/C20H16BrNO/c21-17-8-9-19-16(14-17)10-11-22(19)12-13-23-20-7-3-5-15-4-1-2-6-18(15)20/h1-11,14H,12-13H2. The lowest BCUT2D eigenvalue weighted by Crippen LogP contribution is -2.07. The van der Waals surface area contributed by atoms with Crippen molar-refractivity contribution in [3.05, 3.63) is 77.4 Å². The van der Waals surface area contributed by atoms with Gasteiger partial charge in [0.25, 0.3) is 0 Å². The average molecular weight is 366 g/mol. The predicted molar refractivity (Wildman–Crippen MR) is 99.1 cm³/mol. The molecule has 0 unspecified atom stereocenters. The van der Waals surface area contributed by atoms with Crippen LogP contribution in [0.3, 0.4) is 0 Å². The second kappa shape index (κ2) is 6.09. The van der Waals surface area contributed by atoms with Gasteiger partial charge in [0.15, 0.2) is 0 Å². The fourth-order valence-corrected chi connectivity index (χ4v) is 3.32. The van der Waals surface area contributed by atoms with Gasteiger partial charge in [-0.05, 0) is 35.7 Å². The molecule has 0 aliphatic rings. The summed E-state index contributed by atoms with van der Waals surface area (Å²) in [5.74, 6) is 0.947. The lowest BCUT2D eigenvalue weighted by atomic mass is 10.1. The number of nitrogens with zero attached hydrogens (tertiary/aromatic N) is 1. The third-order valence-corrected chi connectivity index (χ3v) is 4.57. The first-order valence-corrected chi connectivity index (χ1v) is 8.45. The summed E-state index contributed by atoms with van der Waals surface area (Å²) in [5.41, 5.74) is 1.23. The number of benzene rings is 3. The number of fused-ring (bicyclic) bond motifs is 2. The molecular weight excluding hydrogens is 350 g/mol. The first-order valence-electron chi connectivity index (χ1n) is 7.66. The van der Waals surface area contributed by atoms with Crippen LogP contribution in [0.25, 0.3) is 21.7 Å². The van der Waals surface area contributed by atoms with E-state index in [4.69, 9.17) is 4.74 Å². The largest absolute Gasteiger partial charge is 0.491 e. The topological polar surface area (TPSA) is 14.2 Å². The summed E-state index contributed by atoms with van der Waals surface area (Å²) in [6.45, 7) is 1.47. The lowest BCUT2D eigenvalue weighted by molar-refractivity contribution is 0.304. The minimum atomic E-state index is 0.647. The molecule has 0 radical (unpaired) electrons. The van der Waals surface area contributed by atoms with Crippen LogP contribution in [0.15, 0.2) is 77.4 Å². The molecule has 2 nitrogen and oxygen atoms in total. The second-order valence-electron chi connectivity index (χ2n) is 5.54. The highest BCUT2D eigenvalue weighted by atomic mass is 79.9. The van der Waals surface area contributed by atoms with Crippen LogP contribution in [0, 0.1) is 0 Å². The van der Waals surface area contributed by atoms with Gasteiger partial charge in [0.05, 0.1) is 6.54 Å². The van der Waals surface area contributed by atoms with Gasteiger partial charge in [-0.1, -0.05) is 52.3 Å². The van der Waals surface area contributed by atoms with Crippen molar-refractivity contribution >= 4 is 37.6 Å². The first kappa shape index (κ1) is 14.3. The smallest absolute Gasteiger partial charge is 0.127 e. The maximum Gasteiger partial charge on any atom is 0.127 e. The van der Waals surface area contributed by atoms with Crippen LogP contribution in [0.1, 0.15) is 0 Å². The molecule has 0 spiro atoms. The molecule has 4 rings (SSSR count). The van der Waals surface area contributed by atoms with Gasteiger partial charge in [-0.15, -0.1) is 0 Å². The van der Waals surface area contributed by atoms with Gasteiger partial charge < -0.3 is 9.30 Å². The van der Waals surface area contributed by atoms with Gasteiger partial charge in [-0.3, -0.25) is 0 Å². The summed E-state index contributed by atoms with van der Waals surface area (Å²) in [6.07, 6.45) is 2.11. The molecule has 0 saturated carbocycles. The van der Waals surface area contributed by atoms with E-state index >= 15 is 0 Å². The number of hydrogen-bond acceptors (Lipinski definition) is 1. The van der Waals surface area contributed by atoms with Crippen LogP contribution >= 0.6 is 15.9 Å². The van der Waals surface area contributed by atoms with E-state index < -0.39 is 0 Å². The van der Waals surface area contributed by atoms with E-state index in [1.165, 1.54) is 16.3 Å². The van der Waals surface area contributed by atoms with Gasteiger partial charge in [0.2, 0.25) is 0 Å². The predicted octanol–water partition coefficient (Wildman–Crippen LogP) is 5.64. The maximum atomic E-state index is 6.04. The third-order valence-electron chi connectivity index (χ3n) is 4.07. The molecule has 0 saturated heterocycles. The molecule has 3 aromatic carbocycles. The van der Waals surface area contributed by atoms with E-state index in [0.717, 1.165) is 22.2 Å². The van der Waals surface area contributed by atoms with Crippen LogP contribution in [-0.4, -0.2) is 11.2 Å². The number of hydrogen-bond donors (Lipinski definition) is 0. The highest BCUT2D eigenvalue weighted by Gasteiger charge is 2.04. The Balaban J connectivity index is 1.52. The number of aromatic nitrogens is 1. The van der Waals surface area contributed by atoms with Crippen LogP contribution in [-0.2, 0) is 6.54 Å². The van der Waals surface area contributed by atoms with Crippen molar-refractivity contribution in [2.75, 3.05) is 6.61 Å². The number of halogens is 1. The monoisotopic (exact) mass is 365 g/mol. The van der Waals surface area contributed by atoms with E-state index in [2.05, 4.69) is 75.2 Å². The Kier molecular flexibility index (Phi) is 3.80. The quantitative estimate of drug-likeness (QED) is 0.456. The van der Waals surface area contributed by atoms with Gasteiger partial charge in [-0.25, -0.2) is 0 Å². The van der Waals surface area contributed by atoms with Gasteiger partial charge in [0.1, 0.15) is 12.4 Å². The molecular formula is C20H16BrNO. The van der Waals surface area contributed by atoms with Crippen molar-refractivity contribution in [2.45, 2.75) is 6.54 Å². The minimum absolute atomic E-state index is 0.647. The lowest BCUT2D eigenvalue weighted by Gasteiger charge is -2.10. The molecule has 0 amide bonds. The molecule has 0 bridgehead atoms. The van der Waals surface area contributed by atoms with Crippen molar-refractivity contribution in [2.24, 2.45) is 0 Å². The Morgan fingerprint density at radius 2 is 1.74 bits per heavy atom. The Morgan fingerprint density at radius 1 is 0.870 bits per heavy atom. The molecule has 3 heteroatoms. The molecule has 1 heterocycles. The summed E-state index contributed by atoms with van der Waals surface area (Å²) >= 11 is 3.51. The van der Waals surface area contributed by atoms with Crippen LogP contribution < -0.4 is 4.74 Å². The molecule has 4 aromatic rings. The van der Waals surface area contributed by atoms with E-state index in [1.54, 1.807) is 0 Å². The molecule has 0 N–H and O–H groups in total. The van der Waals surface area contributed by atoms with Crippen molar-refractivity contribution in [3.8, 4) is 5.75 Å². The van der Waals surface area contributed by atoms with Crippen molar-refractivity contribution in [1.82, 2.24) is 4.57 Å². The molecule has 1 aromatic heterocycles. The van der Waals surface area contributed by atoms with E-state index in [0.29, 0.717) is 6.61 Å². The zero-order valence-corrected chi connectivity index (χ0v) is 14.2. The highest BCUT2D eigenvalue weighted by molar-refractivity contribution is 9.10. The molecule has 23 heavy (non-hydrogen) atoms. The fraction of sp³-hybridized carbons (Fsp3) is 0.100. The van der Waals surface area contributed by atoms with Crippen molar-refractivity contribution < 1.29 is 4.74 Å². The zero-order chi connectivity index (χ0) is 15.6. The Bertz CT molecular complexity index is 968. The first-order chi connectivity index (χ1) is 11.3. The summed E-state index contributed by atoms with van der Waals surface area (Å²) in [5, 5.41) is 3.61. The number of rotatable bonds is 4. The molecule has 0 atom stereocenters. The summed E-state index contributed by atoms with van der Waals surface area (Å²) in [4.78, 5) is 0. The molecule has 0 aliphatic heterocycles. The minimum Gasteiger partial charge on any atom is -0.491 e. The van der Waals surface area contributed by atoms with Crippen LogP contribution in [0.4, 0.5) is 0 Å². The maximum absolute atomic E-state index is 6.04. The zero-order valence-electron chi connectivity index (χ0n) is 12.6. The Morgan fingerprint density at radius 3 is 2.70 bits per heavy atom. The Hall–Kier alpha value is -2.26. The van der Waals surface area contributed by atoms with E-state index in [1.807, 2.05) is 18.2 Å². The van der Waals surface area contributed by atoms with Crippen molar-refractivity contribution in [1.29, 1.82) is 0 Å². The van der Waals surface area contributed by atoms with Crippen LogP contribution in [0.2, 0.25) is 0 Å². The van der Waals surface area contributed by atoms with Gasteiger partial charge in [0, 0.05) is 27.0 Å². The normalized spacial score (nSPS) is 11.2. The van der Waals surface area contributed by atoms with Crippen molar-refractivity contribution in [3.63, 3.8) is 0 Å². The summed E-state index contributed by atoms with van der Waals surface area (Å²) in [6, 6.07) is 23.0. The molecule has 0 aliphatic carbocycles. The SMILES string of the molecule is Brc1ccc2c(ccn2CCOc2cccc3ccccc23)c1. The third kappa shape index (κ3) is 2.84. The summed E-state index contributed by atoms with van der Waals surface area (Å²) in [7, 11) is 0. The van der Waals surface area contributed by atoms with E-state index in [-0.39, 0.29) is 0 Å². The average Bonchev–Trinajstić information content (AvgIpc) is 2.97.